The number of aryl methyl sites for hydroxylation is 2. The van der Waals surface area contributed by atoms with Gasteiger partial charge < -0.3 is 0 Å². The van der Waals surface area contributed by atoms with Crippen LogP contribution in [0, 0.1) is 6.92 Å². The first-order valence-electron chi connectivity index (χ1n) is 6.59. The molecule has 1 heteroatoms. The highest BCUT2D eigenvalue weighted by molar-refractivity contribution is 7.16. The second-order valence-electron chi connectivity index (χ2n) is 4.59. The van der Waals surface area contributed by atoms with Gasteiger partial charge in [0.1, 0.15) is 0 Å². The zero-order valence-corrected chi connectivity index (χ0v) is 11.7. The SMILES string of the molecule is Cc1ccccc1CCCCCCCCP. The van der Waals surface area contributed by atoms with E-state index in [1.807, 2.05) is 0 Å². The second-order valence-corrected chi connectivity index (χ2v) is 5.16. The highest BCUT2D eigenvalue weighted by atomic mass is 31.0. The molecule has 0 saturated carbocycles. The molecule has 0 aliphatic carbocycles. The van der Waals surface area contributed by atoms with Crippen molar-refractivity contribution < 1.29 is 0 Å². The van der Waals surface area contributed by atoms with Crippen molar-refractivity contribution in [3.8, 4) is 0 Å². The minimum atomic E-state index is 1.26. The van der Waals surface area contributed by atoms with Crippen LogP contribution < -0.4 is 0 Å². The lowest BCUT2D eigenvalue weighted by molar-refractivity contribution is 0.609. The molecule has 0 aromatic heterocycles. The van der Waals surface area contributed by atoms with Crippen LogP contribution in [0.25, 0.3) is 0 Å². The Morgan fingerprint density at radius 2 is 1.50 bits per heavy atom. The summed E-state index contributed by atoms with van der Waals surface area (Å²) in [5.74, 6) is 0. The minimum absolute atomic E-state index is 1.26. The lowest BCUT2D eigenvalue weighted by atomic mass is 10.0. The van der Waals surface area contributed by atoms with Crippen molar-refractivity contribution in [3.05, 3.63) is 35.4 Å². The summed E-state index contributed by atoms with van der Waals surface area (Å²) in [5.41, 5.74) is 2.98. The fourth-order valence-corrected chi connectivity index (χ4v) is 2.35. The van der Waals surface area contributed by atoms with Crippen LogP contribution in [0.1, 0.15) is 49.7 Å². The van der Waals surface area contributed by atoms with Crippen molar-refractivity contribution >= 4 is 9.24 Å². The Labute approximate surface area is 103 Å². The van der Waals surface area contributed by atoms with Crippen LogP contribution in [-0.2, 0) is 6.42 Å². The third kappa shape index (κ3) is 5.66. The monoisotopic (exact) mass is 236 g/mol. The molecule has 90 valence electrons. The highest BCUT2D eigenvalue weighted by Gasteiger charge is 1.96. The Kier molecular flexibility index (Phi) is 7.51. The largest absolute Gasteiger partial charge is 0.138 e. The molecule has 0 aliphatic rings. The molecule has 0 N–H and O–H groups in total. The Balaban J connectivity index is 2.05. The lowest BCUT2D eigenvalue weighted by Crippen LogP contribution is -1.89. The van der Waals surface area contributed by atoms with Gasteiger partial charge in [0.2, 0.25) is 0 Å². The van der Waals surface area contributed by atoms with Gasteiger partial charge in [0, 0.05) is 0 Å². The first-order valence-corrected chi connectivity index (χ1v) is 7.41. The molecule has 1 unspecified atom stereocenters. The van der Waals surface area contributed by atoms with Crippen molar-refractivity contribution in [1.82, 2.24) is 0 Å². The summed E-state index contributed by atoms with van der Waals surface area (Å²) in [6.07, 6.45) is 10.9. The van der Waals surface area contributed by atoms with Crippen molar-refractivity contribution in [3.63, 3.8) is 0 Å². The Bertz CT molecular complexity index is 281. The van der Waals surface area contributed by atoms with E-state index >= 15 is 0 Å². The van der Waals surface area contributed by atoms with Gasteiger partial charge in [-0.3, -0.25) is 0 Å². The molecule has 0 aliphatic heterocycles. The lowest BCUT2D eigenvalue weighted by Gasteiger charge is -2.05. The smallest absolute Gasteiger partial charge is 0.0276 e. The van der Waals surface area contributed by atoms with Crippen LogP contribution in [-0.4, -0.2) is 6.16 Å². The first kappa shape index (κ1) is 13.7. The summed E-state index contributed by atoms with van der Waals surface area (Å²) in [6.45, 7) is 2.22. The topological polar surface area (TPSA) is 0 Å². The van der Waals surface area contributed by atoms with Crippen LogP contribution >= 0.6 is 9.24 Å². The molecular formula is C15H25P. The molecule has 0 saturated heterocycles. The molecule has 0 fully saturated rings. The van der Waals surface area contributed by atoms with E-state index < -0.39 is 0 Å². The predicted octanol–water partition coefficient (Wildman–Crippen LogP) is 4.75. The Morgan fingerprint density at radius 3 is 2.19 bits per heavy atom. The van der Waals surface area contributed by atoms with Gasteiger partial charge in [0.15, 0.2) is 0 Å². The summed E-state index contributed by atoms with van der Waals surface area (Å²) in [5, 5.41) is 0. The minimum Gasteiger partial charge on any atom is -0.138 e. The highest BCUT2D eigenvalue weighted by Crippen LogP contribution is 2.13. The molecule has 1 atom stereocenters. The van der Waals surface area contributed by atoms with Crippen LogP contribution in [0.2, 0.25) is 0 Å². The van der Waals surface area contributed by atoms with Gasteiger partial charge in [-0.15, -0.1) is 9.24 Å². The maximum absolute atomic E-state index is 2.81. The molecular weight excluding hydrogens is 211 g/mol. The third-order valence-electron chi connectivity index (χ3n) is 3.16. The van der Waals surface area contributed by atoms with E-state index in [4.69, 9.17) is 0 Å². The van der Waals surface area contributed by atoms with Crippen LogP contribution in [0.15, 0.2) is 24.3 Å². The molecule has 1 rings (SSSR count). The summed E-state index contributed by atoms with van der Waals surface area (Å²) < 4.78 is 0. The number of benzene rings is 1. The van der Waals surface area contributed by atoms with Gasteiger partial charge >= 0.3 is 0 Å². The standard InChI is InChI=1S/C15H25P/c1-14-10-7-8-12-15(14)11-6-4-2-3-5-9-13-16/h7-8,10,12H,2-6,9,11,13,16H2,1H3. The molecule has 1 aromatic carbocycles. The zero-order chi connectivity index (χ0) is 11.6. The van der Waals surface area contributed by atoms with E-state index in [1.54, 1.807) is 0 Å². The van der Waals surface area contributed by atoms with Gasteiger partial charge in [0.25, 0.3) is 0 Å². The van der Waals surface area contributed by atoms with Crippen molar-refractivity contribution in [2.75, 3.05) is 6.16 Å². The van der Waals surface area contributed by atoms with Crippen LogP contribution in [0.5, 0.6) is 0 Å². The van der Waals surface area contributed by atoms with E-state index in [0.717, 1.165) is 0 Å². The van der Waals surface area contributed by atoms with Gasteiger partial charge in [-0.25, -0.2) is 0 Å². The second kappa shape index (κ2) is 8.76. The van der Waals surface area contributed by atoms with Crippen LogP contribution in [0.3, 0.4) is 0 Å². The Morgan fingerprint density at radius 1 is 0.875 bits per heavy atom. The number of rotatable bonds is 8. The number of hydrogen-bond donors (Lipinski definition) is 0. The van der Waals surface area contributed by atoms with E-state index in [2.05, 4.69) is 40.4 Å². The normalized spacial score (nSPS) is 10.6. The van der Waals surface area contributed by atoms with E-state index in [9.17, 15) is 0 Å². The average Bonchev–Trinajstić information content (AvgIpc) is 2.30. The number of unbranched alkanes of at least 4 members (excludes halogenated alkanes) is 5. The third-order valence-corrected chi connectivity index (χ3v) is 3.57. The summed E-state index contributed by atoms with van der Waals surface area (Å²) in [4.78, 5) is 0. The maximum atomic E-state index is 2.81. The van der Waals surface area contributed by atoms with Crippen LogP contribution in [0.4, 0.5) is 0 Å². The maximum Gasteiger partial charge on any atom is -0.0276 e. The summed E-state index contributed by atoms with van der Waals surface area (Å²) in [6, 6.07) is 8.76. The Hall–Kier alpha value is -0.350. The van der Waals surface area contributed by atoms with E-state index in [0.29, 0.717) is 0 Å². The molecule has 0 radical (unpaired) electrons. The molecule has 0 spiro atoms. The molecule has 0 amide bonds. The van der Waals surface area contributed by atoms with Crippen molar-refractivity contribution in [2.45, 2.75) is 51.9 Å². The molecule has 16 heavy (non-hydrogen) atoms. The number of hydrogen-bond acceptors (Lipinski definition) is 0. The molecule has 1 aromatic rings. The fourth-order valence-electron chi connectivity index (χ4n) is 2.06. The summed E-state index contributed by atoms with van der Waals surface area (Å²) >= 11 is 0. The molecule has 0 heterocycles. The quantitative estimate of drug-likeness (QED) is 0.451. The first-order chi connectivity index (χ1) is 7.84. The van der Waals surface area contributed by atoms with Gasteiger partial charge in [-0.2, -0.15) is 0 Å². The van der Waals surface area contributed by atoms with Gasteiger partial charge in [-0.1, -0.05) is 49.9 Å². The predicted molar refractivity (Wildman–Crippen MR) is 77.2 cm³/mol. The van der Waals surface area contributed by atoms with Gasteiger partial charge in [0.05, 0.1) is 0 Å². The summed E-state index contributed by atoms with van der Waals surface area (Å²) in [7, 11) is 2.81. The molecule has 0 bridgehead atoms. The van der Waals surface area contributed by atoms with Crippen molar-refractivity contribution in [2.24, 2.45) is 0 Å². The van der Waals surface area contributed by atoms with Gasteiger partial charge in [-0.05, 0) is 43.5 Å². The fraction of sp³-hybridized carbons (Fsp3) is 0.600. The van der Waals surface area contributed by atoms with Crippen molar-refractivity contribution in [1.29, 1.82) is 0 Å². The molecule has 0 nitrogen and oxygen atoms in total. The van der Waals surface area contributed by atoms with E-state index in [-0.39, 0.29) is 0 Å². The van der Waals surface area contributed by atoms with E-state index in [1.165, 1.54) is 62.2 Å². The average molecular weight is 236 g/mol. The zero-order valence-electron chi connectivity index (χ0n) is 10.5.